The van der Waals surface area contributed by atoms with Gasteiger partial charge < -0.3 is 9.52 Å². The van der Waals surface area contributed by atoms with Gasteiger partial charge in [0.05, 0.1) is 16.2 Å². The second kappa shape index (κ2) is 7.85. The van der Waals surface area contributed by atoms with Gasteiger partial charge in [0.25, 0.3) is 5.91 Å². The van der Waals surface area contributed by atoms with E-state index >= 15 is 0 Å². The molecule has 0 radical (unpaired) electrons. The molecule has 1 N–H and O–H groups in total. The van der Waals surface area contributed by atoms with Crippen molar-refractivity contribution >= 4 is 51.9 Å². The highest BCUT2D eigenvalue weighted by molar-refractivity contribution is 8.27. The van der Waals surface area contributed by atoms with Gasteiger partial charge in [-0.25, -0.2) is 13.6 Å². The van der Waals surface area contributed by atoms with E-state index in [1.54, 1.807) is 12.1 Å². The molecule has 0 unspecified atom stereocenters. The van der Waals surface area contributed by atoms with Gasteiger partial charge in [-0.1, -0.05) is 24.0 Å². The molecule has 1 aromatic heterocycles. The zero-order chi connectivity index (χ0) is 21.4. The third-order valence-corrected chi connectivity index (χ3v) is 5.52. The summed E-state index contributed by atoms with van der Waals surface area (Å²) in [4.78, 5) is 25.4. The van der Waals surface area contributed by atoms with Crippen LogP contribution in [0.15, 0.2) is 63.9 Å². The normalized spacial score (nSPS) is 15.3. The Balaban J connectivity index is 1.59. The van der Waals surface area contributed by atoms with Crippen molar-refractivity contribution in [3.8, 4) is 11.3 Å². The van der Waals surface area contributed by atoms with E-state index in [-0.39, 0.29) is 27.1 Å². The number of furan rings is 1. The molecule has 2 aromatic carbocycles. The first kappa shape index (κ1) is 20.0. The number of rotatable bonds is 4. The first-order chi connectivity index (χ1) is 14.3. The minimum atomic E-state index is -1.07. The van der Waals surface area contributed by atoms with Crippen LogP contribution in [-0.4, -0.2) is 21.3 Å². The molecule has 1 saturated heterocycles. The average Bonchev–Trinajstić information content (AvgIpc) is 3.26. The molecule has 3 aromatic rings. The summed E-state index contributed by atoms with van der Waals surface area (Å²) >= 11 is 6.35. The maximum atomic E-state index is 13.4. The van der Waals surface area contributed by atoms with Crippen LogP contribution in [-0.2, 0) is 4.79 Å². The van der Waals surface area contributed by atoms with Crippen molar-refractivity contribution in [2.75, 3.05) is 4.90 Å². The molecular weight excluding hydrogens is 432 g/mol. The smallest absolute Gasteiger partial charge is 0.335 e. The van der Waals surface area contributed by atoms with E-state index < -0.39 is 17.6 Å². The van der Waals surface area contributed by atoms with Gasteiger partial charge in [-0.2, -0.15) is 0 Å². The molecule has 1 fully saturated rings. The molecule has 5 nitrogen and oxygen atoms in total. The number of thioether (sulfide) groups is 1. The molecule has 0 aliphatic carbocycles. The molecule has 0 bridgehead atoms. The fourth-order valence-electron chi connectivity index (χ4n) is 2.85. The number of hydrogen-bond acceptors (Lipinski definition) is 5. The number of carboxylic acid groups (broad SMARTS) is 1. The zero-order valence-electron chi connectivity index (χ0n) is 15.0. The third-order valence-electron chi connectivity index (χ3n) is 4.21. The van der Waals surface area contributed by atoms with E-state index in [4.69, 9.17) is 21.7 Å². The van der Waals surface area contributed by atoms with E-state index in [0.717, 1.165) is 30.0 Å². The lowest BCUT2D eigenvalue weighted by molar-refractivity contribution is -0.113. The summed E-state index contributed by atoms with van der Waals surface area (Å²) in [5, 5.41) is 8.99. The minimum Gasteiger partial charge on any atom is -0.478 e. The van der Waals surface area contributed by atoms with Crippen LogP contribution < -0.4 is 4.90 Å². The molecule has 0 atom stereocenters. The summed E-state index contributed by atoms with van der Waals surface area (Å²) in [5.74, 6) is -2.34. The second-order valence-electron chi connectivity index (χ2n) is 6.23. The first-order valence-corrected chi connectivity index (χ1v) is 9.72. The van der Waals surface area contributed by atoms with Crippen LogP contribution in [0.25, 0.3) is 17.4 Å². The van der Waals surface area contributed by atoms with E-state index in [9.17, 15) is 18.4 Å². The summed E-state index contributed by atoms with van der Waals surface area (Å²) in [7, 11) is 0. The van der Waals surface area contributed by atoms with Crippen LogP contribution in [0.3, 0.4) is 0 Å². The lowest BCUT2D eigenvalue weighted by Crippen LogP contribution is -2.27. The molecule has 30 heavy (non-hydrogen) atoms. The highest BCUT2D eigenvalue weighted by Gasteiger charge is 2.33. The van der Waals surface area contributed by atoms with Crippen molar-refractivity contribution < 1.29 is 27.9 Å². The van der Waals surface area contributed by atoms with Crippen LogP contribution in [0.1, 0.15) is 16.1 Å². The number of hydrogen-bond donors (Lipinski definition) is 1. The van der Waals surface area contributed by atoms with Crippen LogP contribution >= 0.6 is 24.0 Å². The monoisotopic (exact) mass is 443 g/mol. The molecule has 2 heterocycles. The number of nitrogens with zero attached hydrogens (tertiary/aromatic N) is 1. The minimum absolute atomic E-state index is 0.0941. The molecule has 150 valence electrons. The molecule has 0 spiro atoms. The Morgan fingerprint density at radius 2 is 1.73 bits per heavy atom. The number of benzene rings is 2. The van der Waals surface area contributed by atoms with Crippen molar-refractivity contribution in [1.82, 2.24) is 0 Å². The van der Waals surface area contributed by atoms with E-state index in [0.29, 0.717) is 16.4 Å². The van der Waals surface area contributed by atoms with Crippen molar-refractivity contribution in [2.45, 2.75) is 0 Å². The highest BCUT2D eigenvalue weighted by Crippen LogP contribution is 2.36. The van der Waals surface area contributed by atoms with Gasteiger partial charge >= 0.3 is 5.97 Å². The highest BCUT2D eigenvalue weighted by atomic mass is 32.2. The summed E-state index contributed by atoms with van der Waals surface area (Å²) in [5.41, 5.74) is 0.774. The second-order valence-corrected chi connectivity index (χ2v) is 7.91. The molecule has 1 aliphatic rings. The number of carboxylic acids is 1. The van der Waals surface area contributed by atoms with Gasteiger partial charge in [-0.3, -0.25) is 9.69 Å². The Kier molecular flexibility index (Phi) is 5.23. The van der Waals surface area contributed by atoms with Crippen LogP contribution in [0.5, 0.6) is 0 Å². The number of halogens is 2. The fourth-order valence-corrected chi connectivity index (χ4v) is 4.13. The largest absolute Gasteiger partial charge is 0.478 e. The van der Waals surface area contributed by atoms with Crippen molar-refractivity contribution in [1.29, 1.82) is 0 Å². The number of anilines is 1. The number of thiocarbonyl (C=S) groups is 1. The predicted molar refractivity (Wildman–Crippen MR) is 113 cm³/mol. The molecule has 1 amide bonds. The van der Waals surface area contributed by atoms with E-state index in [1.807, 2.05) is 0 Å². The fraction of sp³-hybridized carbons (Fsp3) is 0. The van der Waals surface area contributed by atoms with Gasteiger partial charge in [0.2, 0.25) is 0 Å². The molecule has 0 saturated carbocycles. The van der Waals surface area contributed by atoms with Crippen molar-refractivity contribution in [3.63, 3.8) is 0 Å². The predicted octanol–water partition coefficient (Wildman–Crippen LogP) is 5.33. The molecular formula is C21H11F2NO4S2. The third kappa shape index (κ3) is 3.89. The van der Waals surface area contributed by atoms with Gasteiger partial charge in [0, 0.05) is 17.7 Å². The Bertz CT molecular complexity index is 1200. The van der Waals surface area contributed by atoms with Gasteiger partial charge in [-0.05, 0) is 48.5 Å². The average molecular weight is 443 g/mol. The number of carbonyl (C=O) groups excluding carboxylic acids is 1. The number of aromatic carboxylic acids is 1. The Labute approximate surface area is 178 Å². The van der Waals surface area contributed by atoms with E-state index in [2.05, 4.69) is 0 Å². The summed E-state index contributed by atoms with van der Waals surface area (Å²) in [6.07, 6.45) is 1.49. The Morgan fingerprint density at radius 1 is 1.07 bits per heavy atom. The molecule has 1 aliphatic heterocycles. The quantitative estimate of drug-likeness (QED) is 0.434. The standard InChI is InChI=1S/C21H11F2NO4S2/c22-13-7-12(8-14(23)9-13)17-6-5-16(28-17)10-18-19(25)24(21(29)30-18)15-3-1-11(2-4-15)20(26)27/h1-10H,(H,26,27). The van der Waals surface area contributed by atoms with Gasteiger partial charge in [-0.15, -0.1) is 0 Å². The van der Waals surface area contributed by atoms with Crippen LogP contribution in [0.2, 0.25) is 0 Å². The maximum Gasteiger partial charge on any atom is 0.335 e. The summed E-state index contributed by atoms with van der Waals surface area (Å²) in [6, 6.07) is 12.0. The van der Waals surface area contributed by atoms with E-state index in [1.165, 1.54) is 35.2 Å². The number of carbonyl (C=O) groups is 2. The van der Waals surface area contributed by atoms with Gasteiger partial charge in [0.1, 0.15) is 23.2 Å². The van der Waals surface area contributed by atoms with Crippen molar-refractivity contribution in [3.05, 3.63) is 82.5 Å². The SMILES string of the molecule is O=C(O)c1ccc(N2C(=O)C(=Cc3ccc(-c4cc(F)cc(F)c4)o3)SC2=S)cc1. The Hall–Kier alpha value is -3.30. The van der Waals surface area contributed by atoms with Crippen molar-refractivity contribution in [2.24, 2.45) is 0 Å². The molecule has 4 rings (SSSR count). The zero-order valence-corrected chi connectivity index (χ0v) is 16.6. The summed E-state index contributed by atoms with van der Waals surface area (Å²) < 4.78 is 32.7. The Morgan fingerprint density at radius 3 is 2.37 bits per heavy atom. The number of amides is 1. The lowest BCUT2D eigenvalue weighted by atomic mass is 10.1. The lowest BCUT2D eigenvalue weighted by Gasteiger charge is -2.14. The molecule has 9 heteroatoms. The first-order valence-electron chi connectivity index (χ1n) is 8.49. The van der Waals surface area contributed by atoms with Crippen LogP contribution in [0, 0.1) is 11.6 Å². The van der Waals surface area contributed by atoms with Crippen LogP contribution in [0.4, 0.5) is 14.5 Å². The topological polar surface area (TPSA) is 70.8 Å². The maximum absolute atomic E-state index is 13.4. The van der Waals surface area contributed by atoms with Gasteiger partial charge in [0.15, 0.2) is 4.32 Å². The summed E-state index contributed by atoms with van der Waals surface area (Å²) in [6.45, 7) is 0.